The molecule has 7 nitrogen and oxygen atoms in total. The Balaban J connectivity index is 1.57. The van der Waals surface area contributed by atoms with Crippen molar-refractivity contribution in [2.24, 2.45) is 5.92 Å². The second kappa shape index (κ2) is 7.22. The van der Waals surface area contributed by atoms with Gasteiger partial charge in [0.2, 0.25) is 5.91 Å². The summed E-state index contributed by atoms with van der Waals surface area (Å²) in [6, 6.07) is 4.96. The van der Waals surface area contributed by atoms with E-state index in [1.807, 2.05) is 12.3 Å². The Morgan fingerprint density at radius 2 is 2.03 bits per heavy atom. The zero-order valence-corrected chi connectivity index (χ0v) is 17.0. The van der Waals surface area contributed by atoms with Gasteiger partial charge in [-0.1, -0.05) is 0 Å². The third kappa shape index (κ3) is 3.74. The molecule has 9 heteroatoms. The van der Waals surface area contributed by atoms with Gasteiger partial charge in [0.1, 0.15) is 17.9 Å². The number of anilines is 1. The Morgan fingerprint density at radius 3 is 2.62 bits per heavy atom. The number of rotatable bonds is 6. The van der Waals surface area contributed by atoms with Crippen LogP contribution < -0.4 is 10.2 Å². The summed E-state index contributed by atoms with van der Waals surface area (Å²) >= 11 is 1.46. The molecule has 1 unspecified atom stereocenters. The van der Waals surface area contributed by atoms with Crippen molar-refractivity contribution >= 4 is 34.9 Å². The highest BCUT2D eigenvalue weighted by Gasteiger charge is 2.56. The number of imide groups is 1. The molecule has 1 aromatic carbocycles. The number of urea groups is 1. The SMILES string of the molecule is Cc1nc(CN(C(=O)CN2C(=O)NC(C)(C3CC3)C2=O)c2ccc(F)cc2)cs1. The fourth-order valence-electron chi connectivity index (χ4n) is 3.60. The third-order valence-electron chi connectivity index (χ3n) is 5.41. The number of hydrogen-bond donors (Lipinski definition) is 1. The van der Waals surface area contributed by atoms with Crippen LogP contribution in [0.15, 0.2) is 29.6 Å². The van der Waals surface area contributed by atoms with Crippen LogP contribution in [0.5, 0.6) is 0 Å². The quantitative estimate of drug-likeness (QED) is 0.734. The van der Waals surface area contributed by atoms with E-state index in [1.165, 1.54) is 40.5 Å². The van der Waals surface area contributed by atoms with Crippen molar-refractivity contribution in [3.8, 4) is 0 Å². The molecule has 1 saturated heterocycles. The summed E-state index contributed by atoms with van der Waals surface area (Å²) in [5, 5.41) is 5.45. The van der Waals surface area contributed by atoms with Crippen LogP contribution in [0.25, 0.3) is 0 Å². The molecule has 4 rings (SSSR count). The highest BCUT2D eigenvalue weighted by atomic mass is 32.1. The van der Waals surface area contributed by atoms with Crippen molar-refractivity contribution in [1.82, 2.24) is 15.2 Å². The van der Waals surface area contributed by atoms with Crippen molar-refractivity contribution < 1.29 is 18.8 Å². The highest BCUT2D eigenvalue weighted by Crippen LogP contribution is 2.42. The number of aryl methyl sites for hydroxylation is 1. The Hall–Kier alpha value is -2.81. The van der Waals surface area contributed by atoms with Crippen LogP contribution in [-0.4, -0.2) is 39.8 Å². The van der Waals surface area contributed by atoms with Gasteiger partial charge in [-0.05, 0) is 56.9 Å². The number of nitrogens with one attached hydrogen (secondary N) is 1. The standard InChI is InChI=1S/C20H21FN4O3S/c1-12-22-15(11-29-12)9-24(16-7-5-14(21)6-8-16)17(26)10-25-18(27)20(2,13-3-4-13)23-19(25)28/h5-8,11,13H,3-4,9-10H2,1-2H3,(H,23,28). The molecule has 1 N–H and O–H groups in total. The summed E-state index contributed by atoms with van der Waals surface area (Å²) in [4.78, 5) is 45.1. The summed E-state index contributed by atoms with van der Waals surface area (Å²) < 4.78 is 13.4. The zero-order chi connectivity index (χ0) is 20.8. The predicted molar refractivity (Wildman–Crippen MR) is 106 cm³/mol. The maximum Gasteiger partial charge on any atom is 0.325 e. The molecule has 2 heterocycles. The molecule has 1 aliphatic carbocycles. The molecule has 2 aromatic rings. The first kappa shape index (κ1) is 19.5. The smallest absolute Gasteiger partial charge is 0.323 e. The van der Waals surface area contributed by atoms with Gasteiger partial charge in [-0.25, -0.2) is 14.2 Å². The van der Waals surface area contributed by atoms with Gasteiger partial charge in [-0.3, -0.25) is 14.5 Å². The molecule has 0 radical (unpaired) electrons. The lowest BCUT2D eigenvalue weighted by atomic mass is 9.96. The molecular formula is C20H21FN4O3S. The van der Waals surface area contributed by atoms with Gasteiger partial charge < -0.3 is 10.2 Å². The van der Waals surface area contributed by atoms with Crippen molar-refractivity contribution in [2.45, 2.75) is 38.8 Å². The number of aromatic nitrogens is 1. The number of carbonyl (C=O) groups excluding carboxylic acids is 3. The maximum absolute atomic E-state index is 13.4. The molecule has 0 bridgehead atoms. The topological polar surface area (TPSA) is 82.6 Å². The van der Waals surface area contributed by atoms with Gasteiger partial charge in [0, 0.05) is 11.1 Å². The van der Waals surface area contributed by atoms with Crippen LogP contribution in [0.1, 0.15) is 30.5 Å². The van der Waals surface area contributed by atoms with E-state index in [0.717, 1.165) is 22.7 Å². The number of hydrogen-bond acceptors (Lipinski definition) is 5. The van der Waals surface area contributed by atoms with E-state index in [-0.39, 0.29) is 24.9 Å². The summed E-state index contributed by atoms with van der Waals surface area (Å²) in [7, 11) is 0. The predicted octanol–water partition coefficient (Wildman–Crippen LogP) is 2.84. The maximum atomic E-state index is 13.4. The minimum atomic E-state index is -0.940. The lowest BCUT2D eigenvalue weighted by Gasteiger charge is -2.25. The van der Waals surface area contributed by atoms with Gasteiger partial charge in [0.15, 0.2) is 0 Å². The molecule has 1 atom stereocenters. The third-order valence-corrected chi connectivity index (χ3v) is 6.24. The molecule has 1 saturated carbocycles. The number of carbonyl (C=O) groups is 3. The molecule has 2 fully saturated rings. The fraction of sp³-hybridized carbons (Fsp3) is 0.400. The molecule has 4 amide bonds. The Kier molecular flexibility index (Phi) is 4.85. The van der Waals surface area contributed by atoms with Crippen LogP contribution in [0, 0.1) is 18.7 Å². The molecular weight excluding hydrogens is 395 g/mol. The second-order valence-corrected chi connectivity index (χ2v) is 8.67. The van der Waals surface area contributed by atoms with Crippen molar-refractivity contribution in [2.75, 3.05) is 11.4 Å². The average Bonchev–Trinajstić information content (AvgIpc) is 3.43. The number of amides is 4. The van der Waals surface area contributed by atoms with E-state index in [2.05, 4.69) is 10.3 Å². The minimum Gasteiger partial charge on any atom is -0.323 e. The van der Waals surface area contributed by atoms with E-state index in [1.54, 1.807) is 6.92 Å². The van der Waals surface area contributed by atoms with E-state index >= 15 is 0 Å². The van der Waals surface area contributed by atoms with E-state index in [0.29, 0.717) is 11.4 Å². The minimum absolute atomic E-state index is 0.116. The second-order valence-electron chi connectivity index (χ2n) is 7.61. The number of nitrogens with zero attached hydrogens (tertiary/aromatic N) is 3. The molecule has 29 heavy (non-hydrogen) atoms. The number of halogens is 1. The van der Waals surface area contributed by atoms with Crippen LogP contribution in [0.2, 0.25) is 0 Å². The summed E-state index contributed by atoms with van der Waals surface area (Å²) in [6.07, 6.45) is 1.77. The van der Waals surface area contributed by atoms with Crippen molar-refractivity contribution in [3.63, 3.8) is 0 Å². The first-order chi connectivity index (χ1) is 13.8. The summed E-state index contributed by atoms with van der Waals surface area (Å²) in [5.74, 6) is -1.11. The average molecular weight is 416 g/mol. The molecule has 1 aromatic heterocycles. The highest BCUT2D eigenvalue weighted by molar-refractivity contribution is 7.09. The normalized spacial score (nSPS) is 21.4. The first-order valence-electron chi connectivity index (χ1n) is 9.39. The van der Waals surface area contributed by atoms with Gasteiger partial charge in [0.25, 0.3) is 5.91 Å². The molecule has 1 aliphatic heterocycles. The van der Waals surface area contributed by atoms with E-state index < -0.39 is 23.3 Å². The lowest BCUT2D eigenvalue weighted by molar-refractivity contribution is -0.134. The molecule has 2 aliphatic rings. The molecule has 152 valence electrons. The Morgan fingerprint density at radius 1 is 1.34 bits per heavy atom. The van der Waals surface area contributed by atoms with Crippen molar-refractivity contribution in [1.29, 1.82) is 0 Å². The monoisotopic (exact) mass is 416 g/mol. The number of benzene rings is 1. The van der Waals surface area contributed by atoms with Crippen LogP contribution >= 0.6 is 11.3 Å². The Labute approximate surface area is 171 Å². The van der Waals surface area contributed by atoms with Gasteiger partial charge >= 0.3 is 6.03 Å². The van der Waals surface area contributed by atoms with E-state index in [9.17, 15) is 18.8 Å². The summed E-state index contributed by atoms with van der Waals surface area (Å²) in [6.45, 7) is 3.36. The summed E-state index contributed by atoms with van der Waals surface area (Å²) in [5.41, 5.74) is 0.216. The largest absolute Gasteiger partial charge is 0.325 e. The van der Waals surface area contributed by atoms with Crippen LogP contribution in [0.3, 0.4) is 0 Å². The van der Waals surface area contributed by atoms with Gasteiger partial charge in [-0.2, -0.15) is 0 Å². The van der Waals surface area contributed by atoms with E-state index in [4.69, 9.17) is 0 Å². The fourth-order valence-corrected chi connectivity index (χ4v) is 4.21. The van der Waals surface area contributed by atoms with Gasteiger partial charge in [-0.15, -0.1) is 11.3 Å². The number of thiazole rings is 1. The first-order valence-corrected chi connectivity index (χ1v) is 10.3. The zero-order valence-electron chi connectivity index (χ0n) is 16.1. The van der Waals surface area contributed by atoms with Gasteiger partial charge in [0.05, 0.1) is 17.2 Å². The van der Waals surface area contributed by atoms with Crippen LogP contribution in [0.4, 0.5) is 14.9 Å². The lowest BCUT2D eigenvalue weighted by Crippen LogP contribution is -2.47. The Bertz CT molecular complexity index is 972. The molecule has 0 spiro atoms. The van der Waals surface area contributed by atoms with Crippen LogP contribution in [-0.2, 0) is 16.1 Å². The van der Waals surface area contributed by atoms with Crippen molar-refractivity contribution in [3.05, 3.63) is 46.2 Å².